The van der Waals surface area contributed by atoms with Crippen molar-refractivity contribution in [2.75, 3.05) is 0 Å². The van der Waals surface area contributed by atoms with Gasteiger partial charge in [0.1, 0.15) is 22.1 Å². The zero-order chi connectivity index (χ0) is 13.3. The van der Waals surface area contributed by atoms with E-state index in [-0.39, 0.29) is 5.92 Å². The molecule has 0 spiro atoms. The summed E-state index contributed by atoms with van der Waals surface area (Å²) in [5, 5.41) is 0. The van der Waals surface area contributed by atoms with E-state index in [1.54, 1.807) is 6.07 Å². The summed E-state index contributed by atoms with van der Waals surface area (Å²) in [6, 6.07) is 5.02. The summed E-state index contributed by atoms with van der Waals surface area (Å²) in [4.78, 5) is 7.14. The molecule has 0 aliphatic heterocycles. The Labute approximate surface area is 109 Å². The summed E-state index contributed by atoms with van der Waals surface area (Å²) in [7, 11) is 0. The van der Waals surface area contributed by atoms with Gasteiger partial charge in [0.25, 0.3) is 0 Å². The number of aromatic nitrogens is 2. The average molecular weight is 266 g/mol. The van der Waals surface area contributed by atoms with Crippen LogP contribution < -0.4 is 0 Å². The van der Waals surface area contributed by atoms with Gasteiger partial charge < -0.3 is 4.98 Å². The summed E-state index contributed by atoms with van der Waals surface area (Å²) < 4.78 is 26.7. The minimum Gasteiger partial charge on any atom is -0.343 e. The molecule has 1 aromatic heterocycles. The number of nitrogens with zero attached hydrogens (tertiary/aromatic N) is 1. The molecule has 0 saturated heterocycles. The van der Waals surface area contributed by atoms with E-state index in [0.717, 1.165) is 11.8 Å². The van der Waals surface area contributed by atoms with Crippen molar-refractivity contribution < 1.29 is 8.78 Å². The zero-order valence-corrected chi connectivity index (χ0v) is 10.8. The Morgan fingerprint density at radius 2 is 1.72 bits per heavy atom. The maximum Gasteiger partial charge on any atom is 0.139 e. The molecule has 5 heteroatoms. The summed E-state index contributed by atoms with van der Waals surface area (Å²) in [6.45, 7) is 3.99. The minimum absolute atomic E-state index is 0.229. The van der Waals surface area contributed by atoms with Gasteiger partial charge in [-0.1, -0.05) is 26.1 Å². The van der Waals surface area contributed by atoms with Crippen LogP contribution in [-0.4, -0.2) is 9.97 Å². The second kappa shape index (κ2) is 4.94. The van der Waals surface area contributed by atoms with Gasteiger partial charge in [-0.2, -0.15) is 0 Å². The Hall–Kier alpha value is -1.62. The van der Waals surface area contributed by atoms with Crippen LogP contribution in [0.25, 0.3) is 11.4 Å². The maximum atomic E-state index is 13.2. The zero-order valence-electron chi connectivity index (χ0n) is 10.00. The number of benzene rings is 1. The summed E-state index contributed by atoms with van der Waals surface area (Å²) in [5.74, 6) is -0.668. The monoisotopic (exact) mass is 266 g/mol. The first-order valence-electron chi connectivity index (χ1n) is 5.53. The molecule has 0 fully saturated rings. The number of hydrogen-bond acceptors (Lipinski definition) is 2. The molecule has 1 aromatic carbocycles. The van der Waals surface area contributed by atoms with Crippen molar-refractivity contribution in [2.24, 2.45) is 0 Å². The van der Waals surface area contributed by atoms with Crippen LogP contribution in [-0.2, 0) is 0 Å². The summed E-state index contributed by atoms with van der Waals surface area (Å²) in [6.07, 6.45) is 0. The van der Waals surface area contributed by atoms with Gasteiger partial charge in [-0.15, -0.1) is 0 Å². The van der Waals surface area contributed by atoms with Crippen LogP contribution in [0.4, 0.5) is 8.78 Å². The molecule has 0 unspecified atom stereocenters. The fourth-order valence-electron chi connectivity index (χ4n) is 1.61. The lowest BCUT2D eigenvalue weighted by Crippen LogP contribution is -1.98. The van der Waals surface area contributed by atoms with Crippen LogP contribution in [0.1, 0.15) is 25.5 Å². The molecule has 0 aliphatic carbocycles. The third-order valence-electron chi connectivity index (χ3n) is 2.52. The van der Waals surface area contributed by atoms with E-state index in [9.17, 15) is 8.78 Å². The van der Waals surface area contributed by atoms with Crippen molar-refractivity contribution in [1.29, 1.82) is 0 Å². The van der Waals surface area contributed by atoms with Crippen LogP contribution >= 0.6 is 12.2 Å². The highest BCUT2D eigenvalue weighted by Crippen LogP contribution is 2.20. The van der Waals surface area contributed by atoms with E-state index in [1.165, 1.54) is 12.1 Å². The lowest BCUT2D eigenvalue weighted by Gasteiger charge is -2.08. The largest absolute Gasteiger partial charge is 0.343 e. The molecule has 1 heterocycles. The van der Waals surface area contributed by atoms with Crippen LogP contribution in [0.3, 0.4) is 0 Å². The van der Waals surface area contributed by atoms with Crippen LogP contribution in [0.15, 0.2) is 24.3 Å². The molecule has 0 amide bonds. The van der Waals surface area contributed by atoms with Gasteiger partial charge in [-0.3, -0.25) is 0 Å². The standard InChI is InChI=1S/C13H12F2N2S/c1-7(2)11-6-12(18)17-13(16-11)8-3-9(14)5-10(15)4-8/h3-7H,1-2H3,(H,16,17,18). The molecule has 2 rings (SSSR count). The van der Waals surface area contributed by atoms with Crippen molar-refractivity contribution in [3.8, 4) is 11.4 Å². The normalized spacial score (nSPS) is 10.9. The quantitative estimate of drug-likeness (QED) is 0.825. The van der Waals surface area contributed by atoms with Gasteiger partial charge >= 0.3 is 0 Å². The van der Waals surface area contributed by atoms with Crippen LogP contribution in [0.2, 0.25) is 0 Å². The molecule has 0 bridgehead atoms. The Balaban J connectivity index is 2.60. The summed E-state index contributed by atoms with van der Waals surface area (Å²) >= 11 is 5.05. The molecule has 2 aromatic rings. The first-order valence-corrected chi connectivity index (χ1v) is 5.94. The average Bonchev–Trinajstić information content (AvgIpc) is 2.26. The number of rotatable bonds is 2. The van der Waals surface area contributed by atoms with Crippen molar-refractivity contribution in [3.63, 3.8) is 0 Å². The predicted octanol–water partition coefficient (Wildman–Crippen LogP) is 4.21. The second-order valence-electron chi connectivity index (χ2n) is 4.34. The topological polar surface area (TPSA) is 28.7 Å². The highest BCUT2D eigenvalue weighted by Gasteiger charge is 2.08. The number of H-pyrrole nitrogens is 1. The number of halogens is 2. The molecule has 0 atom stereocenters. The highest BCUT2D eigenvalue weighted by molar-refractivity contribution is 7.71. The molecular weight excluding hydrogens is 254 g/mol. The van der Waals surface area contributed by atoms with Crippen LogP contribution in [0.5, 0.6) is 0 Å². The maximum absolute atomic E-state index is 13.2. The SMILES string of the molecule is CC(C)c1cc(=S)nc(-c2cc(F)cc(F)c2)[nH]1. The highest BCUT2D eigenvalue weighted by atomic mass is 32.1. The Bertz CT molecular complexity index is 615. The van der Waals surface area contributed by atoms with Gasteiger partial charge in [0.15, 0.2) is 0 Å². The van der Waals surface area contributed by atoms with E-state index < -0.39 is 11.6 Å². The van der Waals surface area contributed by atoms with Crippen molar-refractivity contribution in [1.82, 2.24) is 9.97 Å². The molecule has 1 N–H and O–H groups in total. The van der Waals surface area contributed by atoms with E-state index >= 15 is 0 Å². The fourth-order valence-corrected chi connectivity index (χ4v) is 1.83. The Morgan fingerprint density at radius 3 is 2.28 bits per heavy atom. The Kier molecular flexibility index (Phi) is 3.52. The van der Waals surface area contributed by atoms with Gasteiger partial charge in [-0.05, 0) is 24.1 Å². The molecule has 0 aliphatic rings. The molecular formula is C13H12F2N2S. The molecule has 18 heavy (non-hydrogen) atoms. The Morgan fingerprint density at radius 1 is 1.11 bits per heavy atom. The van der Waals surface area contributed by atoms with Crippen molar-refractivity contribution in [3.05, 3.63) is 46.2 Å². The van der Waals surface area contributed by atoms with Crippen molar-refractivity contribution >= 4 is 12.2 Å². The first kappa shape index (κ1) is 12.8. The molecule has 0 saturated carbocycles. The molecule has 2 nitrogen and oxygen atoms in total. The van der Waals surface area contributed by atoms with E-state index in [0.29, 0.717) is 16.0 Å². The minimum atomic E-state index is -0.638. The third kappa shape index (κ3) is 2.79. The summed E-state index contributed by atoms with van der Waals surface area (Å²) in [5.41, 5.74) is 1.23. The van der Waals surface area contributed by atoms with E-state index in [4.69, 9.17) is 12.2 Å². The van der Waals surface area contributed by atoms with Gasteiger partial charge in [0.05, 0.1) is 0 Å². The fraction of sp³-hybridized carbons (Fsp3) is 0.231. The number of aromatic amines is 1. The molecule has 94 valence electrons. The van der Waals surface area contributed by atoms with Gasteiger partial charge in [0.2, 0.25) is 0 Å². The van der Waals surface area contributed by atoms with Gasteiger partial charge in [0, 0.05) is 17.3 Å². The van der Waals surface area contributed by atoms with E-state index in [1.807, 2.05) is 13.8 Å². The number of hydrogen-bond donors (Lipinski definition) is 1. The third-order valence-corrected chi connectivity index (χ3v) is 2.73. The first-order chi connectivity index (χ1) is 8.45. The smallest absolute Gasteiger partial charge is 0.139 e. The predicted molar refractivity (Wildman–Crippen MR) is 68.9 cm³/mol. The van der Waals surface area contributed by atoms with Crippen LogP contribution in [0, 0.1) is 16.3 Å². The molecule has 0 radical (unpaired) electrons. The lowest BCUT2D eigenvalue weighted by molar-refractivity contribution is 0.584. The van der Waals surface area contributed by atoms with Gasteiger partial charge in [-0.25, -0.2) is 13.8 Å². The van der Waals surface area contributed by atoms with E-state index in [2.05, 4.69) is 9.97 Å². The lowest BCUT2D eigenvalue weighted by atomic mass is 10.1. The second-order valence-corrected chi connectivity index (χ2v) is 4.75. The number of nitrogens with one attached hydrogen (secondary N) is 1. The van der Waals surface area contributed by atoms with Crippen molar-refractivity contribution in [2.45, 2.75) is 19.8 Å².